The molecule has 0 spiro atoms. The Morgan fingerprint density at radius 1 is 0.966 bits per heavy atom. The summed E-state index contributed by atoms with van der Waals surface area (Å²) < 4.78 is 25.7. The third-order valence-electron chi connectivity index (χ3n) is 5.84. The molecule has 1 aromatic heterocycles. The van der Waals surface area contributed by atoms with Crippen LogP contribution in [-0.4, -0.2) is 60.1 Å². The molecule has 29 heavy (non-hydrogen) atoms. The van der Waals surface area contributed by atoms with Crippen LogP contribution >= 0.6 is 11.6 Å². The molecule has 1 aliphatic carbocycles. The molecular formula is C20H23ClN4O3S. The van der Waals surface area contributed by atoms with Gasteiger partial charge >= 0.3 is 0 Å². The molecule has 1 amide bonds. The van der Waals surface area contributed by atoms with Crippen molar-refractivity contribution < 1.29 is 13.2 Å². The second kappa shape index (κ2) is 7.91. The maximum Gasteiger partial charge on any atom is 0.244 e. The Kier molecular flexibility index (Phi) is 5.48. The van der Waals surface area contributed by atoms with Gasteiger partial charge in [0.05, 0.1) is 4.90 Å². The van der Waals surface area contributed by atoms with E-state index in [4.69, 9.17) is 11.6 Å². The van der Waals surface area contributed by atoms with Crippen molar-refractivity contribution in [1.82, 2.24) is 14.9 Å². The smallest absolute Gasteiger partial charge is 0.244 e. The van der Waals surface area contributed by atoms with E-state index in [2.05, 4.69) is 9.97 Å². The molecule has 0 atom stereocenters. The zero-order chi connectivity index (χ0) is 20.5. The molecule has 9 heteroatoms. The standard InChI is InChI=1S/C20H23ClN4O3S/c21-16-4-6-17(7-5-16)29(27,28)20(8-1-2-9-20)18(26)24-12-14-25(15-13-24)19-22-10-3-11-23-19/h3-7,10-11H,1-2,8-9,12-15H2. The first-order chi connectivity index (χ1) is 13.9. The Morgan fingerprint density at radius 3 is 2.14 bits per heavy atom. The topological polar surface area (TPSA) is 83.5 Å². The third kappa shape index (κ3) is 3.59. The second-order valence-electron chi connectivity index (χ2n) is 7.49. The van der Waals surface area contributed by atoms with Crippen LogP contribution in [-0.2, 0) is 14.6 Å². The fraction of sp³-hybridized carbons (Fsp3) is 0.450. The zero-order valence-electron chi connectivity index (χ0n) is 16.0. The number of carbonyl (C=O) groups is 1. The first-order valence-corrected chi connectivity index (χ1v) is 11.6. The van der Waals surface area contributed by atoms with Crippen LogP contribution < -0.4 is 4.90 Å². The molecule has 1 aliphatic heterocycles. The van der Waals surface area contributed by atoms with Gasteiger partial charge in [-0.05, 0) is 43.2 Å². The summed E-state index contributed by atoms with van der Waals surface area (Å²) in [6.07, 6.45) is 5.56. The number of carbonyl (C=O) groups excluding carboxylic acids is 1. The quantitative estimate of drug-likeness (QED) is 0.735. The number of hydrogen-bond donors (Lipinski definition) is 0. The number of piperazine rings is 1. The minimum absolute atomic E-state index is 0.161. The Labute approximate surface area is 175 Å². The summed E-state index contributed by atoms with van der Waals surface area (Å²) in [5.41, 5.74) is 0. The molecule has 2 fully saturated rings. The van der Waals surface area contributed by atoms with Crippen molar-refractivity contribution in [1.29, 1.82) is 0 Å². The van der Waals surface area contributed by atoms with Gasteiger partial charge in [-0.1, -0.05) is 24.4 Å². The van der Waals surface area contributed by atoms with Gasteiger partial charge in [0.15, 0.2) is 14.6 Å². The van der Waals surface area contributed by atoms with E-state index in [-0.39, 0.29) is 10.8 Å². The van der Waals surface area contributed by atoms with Gasteiger partial charge in [0.1, 0.15) is 0 Å². The van der Waals surface area contributed by atoms with Crippen LogP contribution in [0.3, 0.4) is 0 Å². The van der Waals surface area contributed by atoms with E-state index in [1.54, 1.807) is 35.5 Å². The van der Waals surface area contributed by atoms with Crippen molar-refractivity contribution in [2.24, 2.45) is 0 Å². The fourth-order valence-electron chi connectivity index (χ4n) is 4.24. The molecule has 1 saturated carbocycles. The fourth-order valence-corrected chi connectivity index (χ4v) is 6.49. The molecule has 2 heterocycles. The number of nitrogens with zero attached hydrogens (tertiary/aromatic N) is 4. The SMILES string of the molecule is O=C(N1CCN(c2ncccn2)CC1)C1(S(=O)(=O)c2ccc(Cl)cc2)CCCC1. The number of sulfone groups is 1. The normalized spacial score (nSPS) is 19.3. The molecular weight excluding hydrogens is 412 g/mol. The van der Waals surface area contributed by atoms with Gasteiger partial charge in [-0.25, -0.2) is 18.4 Å². The maximum atomic E-state index is 13.5. The highest BCUT2D eigenvalue weighted by Gasteiger charge is 2.54. The van der Waals surface area contributed by atoms with Crippen molar-refractivity contribution in [3.63, 3.8) is 0 Å². The van der Waals surface area contributed by atoms with Gasteiger partial charge < -0.3 is 9.80 Å². The molecule has 0 radical (unpaired) electrons. The van der Waals surface area contributed by atoms with Crippen LogP contribution in [0.4, 0.5) is 5.95 Å². The summed E-state index contributed by atoms with van der Waals surface area (Å²) in [4.78, 5) is 25.9. The van der Waals surface area contributed by atoms with Gasteiger partial charge in [-0.15, -0.1) is 0 Å². The lowest BCUT2D eigenvalue weighted by Gasteiger charge is -2.39. The largest absolute Gasteiger partial charge is 0.338 e. The van der Waals surface area contributed by atoms with E-state index in [1.807, 2.05) is 4.90 Å². The minimum Gasteiger partial charge on any atom is -0.338 e. The summed E-state index contributed by atoms with van der Waals surface area (Å²) in [6.45, 7) is 2.06. The number of amides is 1. The van der Waals surface area contributed by atoms with Gasteiger partial charge in [0, 0.05) is 43.6 Å². The predicted octanol–water partition coefficient (Wildman–Crippen LogP) is 2.57. The van der Waals surface area contributed by atoms with Crippen molar-refractivity contribution in [3.05, 3.63) is 47.7 Å². The molecule has 1 saturated heterocycles. The molecule has 0 bridgehead atoms. The first-order valence-electron chi connectivity index (χ1n) is 9.76. The van der Waals surface area contributed by atoms with Gasteiger partial charge in [0.2, 0.25) is 11.9 Å². The lowest BCUT2D eigenvalue weighted by Crippen LogP contribution is -2.57. The van der Waals surface area contributed by atoms with Crippen LogP contribution in [0.15, 0.2) is 47.6 Å². The molecule has 154 valence electrons. The summed E-state index contributed by atoms with van der Waals surface area (Å²) in [5.74, 6) is 0.350. The van der Waals surface area contributed by atoms with Crippen LogP contribution in [0.2, 0.25) is 5.02 Å². The maximum absolute atomic E-state index is 13.5. The number of benzene rings is 1. The lowest BCUT2D eigenvalue weighted by molar-refractivity contribution is -0.134. The number of aromatic nitrogens is 2. The number of anilines is 1. The second-order valence-corrected chi connectivity index (χ2v) is 10.2. The molecule has 4 rings (SSSR count). The highest BCUT2D eigenvalue weighted by atomic mass is 35.5. The summed E-state index contributed by atoms with van der Waals surface area (Å²) >= 11 is 5.92. The summed E-state index contributed by atoms with van der Waals surface area (Å²) in [7, 11) is -3.82. The third-order valence-corrected chi connectivity index (χ3v) is 8.60. The number of hydrogen-bond acceptors (Lipinski definition) is 6. The summed E-state index contributed by atoms with van der Waals surface area (Å²) in [6, 6.07) is 7.86. The molecule has 0 unspecified atom stereocenters. The highest BCUT2D eigenvalue weighted by molar-refractivity contribution is 7.93. The number of halogens is 1. The first kappa shape index (κ1) is 20.1. The van der Waals surface area contributed by atoms with Crippen molar-refractivity contribution in [2.45, 2.75) is 35.3 Å². The van der Waals surface area contributed by atoms with Crippen LogP contribution in [0, 0.1) is 0 Å². The Bertz CT molecular complexity index is 969. The van der Waals surface area contributed by atoms with Crippen molar-refractivity contribution >= 4 is 33.3 Å². The average Bonchev–Trinajstić information content (AvgIpc) is 3.26. The molecule has 2 aromatic rings. The average molecular weight is 435 g/mol. The van der Waals surface area contributed by atoms with Gasteiger partial charge in [0.25, 0.3) is 0 Å². The molecule has 1 aromatic carbocycles. The van der Waals surface area contributed by atoms with Gasteiger partial charge in [-0.3, -0.25) is 4.79 Å². The Morgan fingerprint density at radius 2 is 1.55 bits per heavy atom. The lowest BCUT2D eigenvalue weighted by atomic mass is 10.0. The van der Waals surface area contributed by atoms with E-state index in [9.17, 15) is 13.2 Å². The molecule has 0 N–H and O–H groups in total. The van der Waals surface area contributed by atoms with Crippen LogP contribution in [0.1, 0.15) is 25.7 Å². The Balaban J connectivity index is 1.56. The predicted molar refractivity (Wildman–Crippen MR) is 111 cm³/mol. The molecule has 7 nitrogen and oxygen atoms in total. The minimum atomic E-state index is -3.82. The van der Waals surface area contributed by atoms with Gasteiger partial charge in [-0.2, -0.15) is 0 Å². The van der Waals surface area contributed by atoms with Crippen LogP contribution in [0.25, 0.3) is 0 Å². The van der Waals surface area contributed by atoms with Crippen molar-refractivity contribution in [2.75, 3.05) is 31.1 Å². The monoisotopic (exact) mass is 434 g/mol. The van der Waals surface area contributed by atoms with Crippen molar-refractivity contribution in [3.8, 4) is 0 Å². The molecule has 2 aliphatic rings. The number of rotatable bonds is 4. The van der Waals surface area contributed by atoms with E-state index in [0.29, 0.717) is 50.0 Å². The van der Waals surface area contributed by atoms with E-state index in [0.717, 1.165) is 12.8 Å². The van der Waals surface area contributed by atoms with Crippen LogP contribution in [0.5, 0.6) is 0 Å². The Hall–Kier alpha value is -2.19. The van der Waals surface area contributed by atoms with E-state index in [1.165, 1.54) is 12.1 Å². The van der Waals surface area contributed by atoms with E-state index < -0.39 is 14.6 Å². The summed E-state index contributed by atoms with van der Waals surface area (Å²) in [5, 5.41) is 0.468. The zero-order valence-corrected chi connectivity index (χ0v) is 17.6. The highest BCUT2D eigenvalue weighted by Crippen LogP contribution is 2.42. The van der Waals surface area contributed by atoms with E-state index >= 15 is 0 Å².